The topological polar surface area (TPSA) is 72.2 Å². The van der Waals surface area contributed by atoms with Gasteiger partial charge in [-0.25, -0.2) is 13.1 Å². The summed E-state index contributed by atoms with van der Waals surface area (Å²) in [4.78, 5) is 0.387. The lowest BCUT2D eigenvalue weighted by molar-refractivity contribution is 0.570. The molecule has 0 aliphatic carbocycles. The van der Waals surface area contributed by atoms with Crippen molar-refractivity contribution in [1.29, 1.82) is 0 Å². The van der Waals surface area contributed by atoms with Crippen LogP contribution in [0, 0.1) is 20.8 Å². The van der Waals surface area contributed by atoms with E-state index in [9.17, 15) is 8.42 Å². The summed E-state index contributed by atoms with van der Waals surface area (Å²) in [7, 11) is -3.44. The van der Waals surface area contributed by atoms with E-state index >= 15 is 0 Å². The molecule has 0 aliphatic rings. The van der Waals surface area contributed by atoms with Crippen LogP contribution in [0.15, 0.2) is 17.0 Å². The van der Waals surface area contributed by atoms with Crippen molar-refractivity contribution in [2.24, 2.45) is 5.73 Å². The zero-order valence-corrected chi connectivity index (χ0v) is 12.3. The predicted molar refractivity (Wildman–Crippen MR) is 74.1 cm³/mol. The highest BCUT2D eigenvalue weighted by atomic mass is 32.2. The number of aryl methyl sites for hydroxylation is 3. The molecule has 1 unspecified atom stereocenters. The molecule has 0 amide bonds. The van der Waals surface area contributed by atoms with E-state index in [2.05, 4.69) is 4.72 Å². The van der Waals surface area contributed by atoms with Crippen molar-refractivity contribution >= 4 is 10.0 Å². The maximum atomic E-state index is 12.2. The zero-order valence-electron chi connectivity index (χ0n) is 11.4. The van der Waals surface area contributed by atoms with Gasteiger partial charge in [-0.3, -0.25) is 0 Å². The second-order valence-electron chi connectivity index (χ2n) is 4.89. The number of sulfonamides is 1. The Balaban J connectivity index is 2.99. The average Bonchev–Trinajstić information content (AvgIpc) is 2.13. The molecule has 102 valence electrons. The fraction of sp³-hybridized carbons (Fsp3) is 0.538. The normalized spacial score (nSPS) is 13.6. The third-order valence-electron chi connectivity index (χ3n) is 2.77. The molecule has 3 N–H and O–H groups in total. The largest absolute Gasteiger partial charge is 0.328 e. The van der Waals surface area contributed by atoms with E-state index in [0.717, 1.165) is 16.7 Å². The average molecular weight is 270 g/mol. The molecule has 0 spiro atoms. The summed E-state index contributed by atoms with van der Waals surface area (Å²) < 4.78 is 27.0. The molecule has 0 aliphatic heterocycles. The molecule has 0 aromatic heterocycles. The van der Waals surface area contributed by atoms with Gasteiger partial charge < -0.3 is 5.73 Å². The molecular formula is C13H22N2O2S. The van der Waals surface area contributed by atoms with Crippen molar-refractivity contribution in [2.75, 3.05) is 6.54 Å². The smallest absolute Gasteiger partial charge is 0.241 e. The Hall–Kier alpha value is -0.910. The third-order valence-corrected chi connectivity index (χ3v) is 4.53. The van der Waals surface area contributed by atoms with Gasteiger partial charge in [0.15, 0.2) is 0 Å². The molecule has 0 heterocycles. The first-order valence-electron chi connectivity index (χ1n) is 6.07. The maximum absolute atomic E-state index is 12.2. The molecule has 0 saturated heterocycles. The molecule has 1 aromatic rings. The van der Waals surface area contributed by atoms with E-state index in [1.54, 1.807) is 0 Å². The monoisotopic (exact) mass is 270 g/mol. The fourth-order valence-corrected chi connectivity index (χ4v) is 3.58. The van der Waals surface area contributed by atoms with Gasteiger partial charge in [0, 0.05) is 12.6 Å². The highest BCUT2D eigenvalue weighted by Gasteiger charge is 2.19. The quantitative estimate of drug-likeness (QED) is 0.854. The Morgan fingerprint density at radius 3 is 2.17 bits per heavy atom. The molecule has 1 atom stereocenters. The zero-order chi connectivity index (χ0) is 13.9. The molecule has 1 aromatic carbocycles. The van der Waals surface area contributed by atoms with Crippen LogP contribution in [0.3, 0.4) is 0 Å². The van der Waals surface area contributed by atoms with E-state index < -0.39 is 10.0 Å². The molecule has 1 rings (SSSR count). The van der Waals surface area contributed by atoms with Crippen molar-refractivity contribution in [3.8, 4) is 0 Å². The first-order chi connectivity index (χ1) is 8.24. The van der Waals surface area contributed by atoms with E-state index in [0.29, 0.717) is 17.9 Å². The molecule has 5 heteroatoms. The molecule has 4 nitrogen and oxygen atoms in total. The summed E-state index contributed by atoms with van der Waals surface area (Å²) in [6.45, 7) is 7.82. The van der Waals surface area contributed by atoms with Gasteiger partial charge in [-0.05, 0) is 45.2 Å². The Kier molecular flexibility index (Phi) is 4.90. The van der Waals surface area contributed by atoms with Gasteiger partial charge in [-0.1, -0.05) is 17.7 Å². The van der Waals surface area contributed by atoms with E-state index in [4.69, 9.17) is 5.73 Å². The summed E-state index contributed by atoms with van der Waals surface area (Å²) in [5, 5.41) is 0. The van der Waals surface area contributed by atoms with Gasteiger partial charge in [0.2, 0.25) is 10.0 Å². The van der Waals surface area contributed by atoms with Gasteiger partial charge in [0.1, 0.15) is 0 Å². The second-order valence-corrected chi connectivity index (χ2v) is 6.60. The minimum Gasteiger partial charge on any atom is -0.328 e. The summed E-state index contributed by atoms with van der Waals surface area (Å²) in [6.07, 6.45) is 0.628. The van der Waals surface area contributed by atoms with Crippen LogP contribution in [0.2, 0.25) is 0 Å². The lowest BCUT2D eigenvalue weighted by Crippen LogP contribution is -2.30. The molecule has 0 radical (unpaired) electrons. The first kappa shape index (κ1) is 15.1. The molecule has 0 bridgehead atoms. The van der Waals surface area contributed by atoms with Crippen molar-refractivity contribution < 1.29 is 8.42 Å². The van der Waals surface area contributed by atoms with Crippen molar-refractivity contribution in [3.63, 3.8) is 0 Å². The van der Waals surface area contributed by atoms with Crippen LogP contribution in [0.5, 0.6) is 0 Å². The summed E-state index contributed by atoms with van der Waals surface area (Å²) in [5.41, 5.74) is 8.23. The predicted octanol–water partition coefficient (Wildman–Crippen LogP) is 1.63. The second kappa shape index (κ2) is 5.82. The van der Waals surface area contributed by atoms with Crippen LogP contribution in [-0.4, -0.2) is 21.0 Å². The maximum Gasteiger partial charge on any atom is 0.241 e. The van der Waals surface area contributed by atoms with Crippen LogP contribution < -0.4 is 10.5 Å². The summed E-state index contributed by atoms with van der Waals surface area (Å²) in [6, 6.07) is 3.76. The van der Waals surface area contributed by atoms with Crippen LogP contribution in [0.4, 0.5) is 0 Å². The van der Waals surface area contributed by atoms with Crippen molar-refractivity contribution in [2.45, 2.75) is 45.1 Å². The Bertz CT molecular complexity index is 499. The number of hydrogen-bond donors (Lipinski definition) is 2. The van der Waals surface area contributed by atoms with Crippen molar-refractivity contribution in [1.82, 2.24) is 4.72 Å². The Morgan fingerprint density at radius 1 is 1.22 bits per heavy atom. The van der Waals surface area contributed by atoms with Gasteiger partial charge in [0.05, 0.1) is 4.90 Å². The van der Waals surface area contributed by atoms with Gasteiger partial charge in [-0.15, -0.1) is 0 Å². The molecule has 18 heavy (non-hydrogen) atoms. The highest BCUT2D eigenvalue weighted by Crippen LogP contribution is 2.21. The van der Waals surface area contributed by atoms with E-state index in [1.807, 2.05) is 39.8 Å². The van der Waals surface area contributed by atoms with Gasteiger partial charge >= 0.3 is 0 Å². The van der Waals surface area contributed by atoms with Crippen LogP contribution in [0.25, 0.3) is 0 Å². The lowest BCUT2D eigenvalue weighted by Gasteiger charge is -2.13. The summed E-state index contributed by atoms with van der Waals surface area (Å²) >= 11 is 0. The first-order valence-corrected chi connectivity index (χ1v) is 7.55. The third kappa shape index (κ3) is 3.80. The molecule has 0 saturated carbocycles. The number of benzene rings is 1. The minimum atomic E-state index is -3.44. The Morgan fingerprint density at radius 2 is 1.72 bits per heavy atom. The number of nitrogens with one attached hydrogen (secondary N) is 1. The molecule has 0 fully saturated rings. The van der Waals surface area contributed by atoms with Crippen LogP contribution >= 0.6 is 0 Å². The van der Waals surface area contributed by atoms with Gasteiger partial charge in [0.25, 0.3) is 0 Å². The number of hydrogen-bond acceptors (Lipinski definition) is 3. The van der Waals surface area contributed by atoms with Crippen LogP contribution in [-0.2, 0) is 10.0 Å². The fourth-order valence-electron chi connectivity index (χ4n) is 2.08. The van der Waals surface area contributed by atoms with Crippen LogP contribution in [0.1, 0.15) is 30.0 Å². The minimum absolute atomic E-state index is 0.00656. The highest BCUT2D eigenvalue weighted by molar-refractivity contribution is 7.89. The molecular weight excluding hydrogens is 248 g/mol. The number of rotatable bonds is 5. The standard InChI is InChI=1S/C13H22N2O2S/c1-9-7-10(2)13(11(3)8-9)18(16,17)15-6-5-12(4)14/h7-8,12,15H,5-6,14H2,1-4H3. The Labute approximate surface area is 110 Å². The van der Waals surface area contributed by atoms with Gasteiger partial charge in [-0.2, -0.15) is 0 Å². The van der Waals surface area contributed by atoms with E-state index in [1.165, 1.54) is 0 Å². The number of nitrogens with two attached hydrogens (primary N) is 1. The van der Waals surface area contributed by atoms with Crippen molar-refractivity contribution in [3.05, 3.63) is 28.8 Å². The SMILES string of the molecule is Cc1cc(C)c(S(=O)(=O)NCCC(C)N)c(C)c1. The van der Waals surface area contributed by atoms with E-state index in [-0.39, 0.29) is 6.04 Å². The summed E-state index contributed by atoms with van der Waals surface area (Å²) in [5.74, 6) is 0. The lowest BCUT2D eigenvalue weighted by atomic mass is 10.1.